The maximum Gasteiger partial charge on any atom is 0.265 e. The zero-order chi connectivity index (χ0) is 22.1. The van der Waals surface area contributed by atoms with Gasteiger partial charge in [-0.05, 0) is 54.1 Å². The molecular weight excluding hydrogens is 422 g/mol. The summed E-state index contributed by atoms with van der Waals surface area (Å²) in [6, 6.07) is 15.6. The van der Waals surface area contributed by atoms with Crippen LogP contribution in [-0.4, -0.2) is 26.2 Å². The third-order valence-electron chi connectivity index (χ3n) is 6.49. The summed E-state index contributed by atoms with van der Waals surface area (Å²) >= 11 is 1.43. The fourth-order valence-electron chi connectivity index (χ4n) is 5.06. The molecule has 5 rings (SSSR count). The van der Waals surface area contributed by atoms with Crippen molar-refractivity contribution in [2.45, 2.75) is 43.8 Å². The highest BCUT2D eigenvalue weighted by Gasteiger charge is 2.41. The number of carbonyl (C=O) groups excluding carboxylic acids is 1. The highest BCUT2D eigenvalue weighted by molar-refractivity contribution is 7.12. The van der Waals surface area contributed by atoms with E-state index in [4.69, 9.17) is 14.2 Å². The molecule has 1 amide bonds. The predicted molar refractivity (Wildman–Crippen MR) is 126 cm³/mol. The van der Waals surface area contributed by atoms with Gasteiger partial charge in [-0.1, -0.05) is 31.0 Å². The molecule has 2 aromatic carbocycles. The van der Waals surface area contributed by atoms with E-state index in [-0.39, 0.29) is 18.1 Å². The maximum absolute atomic E-state index is 12.6. The second-order valence-electron chi connectivity index (χ2n) is 8.30. The molecule has 1 N–H and O–H groups in total. The third-order valence-corrected chi connectivity index (χ3v) is 7.35. The van der Waals surface area contributed by atoms with Crippen molar-refractivity contribution in [3.8, 4) is 11.5 Å². The molecular formula is C26H27NO4S. The van der Waals surface area contributed by atoms with E-state index < -0.39 is 0 Å². The molecule has 1 aliphatic carbocycles. The second kappa shape index (κ2) is 8.96. The van der Waals surface area contributed by atoms with Gasteiger partial charge in [-0.25, -0.2) is 0 Å². The number of carbonyl (C=O) groups is 1. The second-order valence-corrected chi connectivity index (χ2v) is 9.25. The molecule has 5 nitrogen and oxygen atoms in total. The number of anilines is 1. The first-order chi connectivity index (χ1) is 15.7. The molecule has 166 valence electrons. The lowest BCUT2D eigenvalue weighted by Crippen LogP contribution is -2.34. The van der Waals surface area contributed by atoms with Crippen LogP contribution < -0.4 is 14.8 Å². The lowest BCUT2D eigenvalue weighted by molar-refractivity contribution is -0.0406. The predicted octanol–water partition coefficient (Wildman–Crippen LogP) is 6.16. The zero-order valence-electron chi connectivity index (χ0n) is 18.3. The van der Waals surface area contributed by atoms with E-state index in [0.29, 0.717) is 10.8 Å². The van der Waals surface area contributed by atoms with Crippen molar-refractivity contribution in [3.05, 3.63) is 75.5 Å². The van der Waals surface area contributed by atoms with E-state index in [1.165, 1.54) is 29.7 Å². The number of nitrogens with one attached hydrogen (secondary N) is 1. The van der Waals surface area contributed by atoms with Crippen LogP contribution in [0.25, 0.3) is 0 Å². The van der Waals surface area contributed by atoms with E-state index in [9.17, 15) is 4.79 Å². The van der Waals surface area contributed by atoms with Crippen molar-refractivity contribution in [1.29, 1.82) is 0 Å². The Bertz CT molecular complexity index is 1110. The van der Waals surface area contributed by atoms with Gasteiger partial charge in [0.1, 0.15) is 17.6 Å². The summed E-state index contributed by atoms with van der Waals surface area (Å²) in [6.07, 6.45) is 4.35. The third kappa shape index (κ3) is 3.78. The summed E-state index contributed by atoms with van der Waals surface area (Å²) in [7, 11) is 3.43. The number of hydrogen-bond acceptors (Lipinski definition) is 5. The van der Waals surface area contributed by atoms with Gasteiger partial charge >= 0.3 is 0 Å². The van der Waals surface area contributed by atoms with Crippen LogP contribution in [0.1, 0.15) is 64.1 Å². The summed E-state index contributed by atoms with van der Waals surface area (Å²) in [5, 5.41) is 4.92. The fourth-order valence-corrected chi connectivity index (χ4v) is 5.68. The minimum Gasteiger partial charge on any atom is -0.496 e. The van der Waals surface area contributed by atoms with E-state index in [2.05, 4.69) is 11.4 Å². The van der Waals surface area contributed by atoms with Crippen LogP contribution in [-0.2, 0) is 4.74 Å². The smallest absolute Gasteiger partial charge is 0.265 e. The Hall–Kier alpha value is -2.83. The molecule has 3 atom stereocenters. The minimum absolute atomic E-state index is 0.103. The number of ether oxygens (including phenoxy) is 3. The molecule has 1 aromatic heterocycles. The molecule has 0 radical (unpaired) electrons. The number of methoxy groups -OCH3 is 2. The highest BCUT2D eigenvalue weighted by Crippen LogP contribution is 2.53. The molecule has 6 heteroatoms. The molecule has 32 heavy (non-hydrogen) atoms. The van der Waals surface area contributed by atoms with E-state index in [1.54, 1.807) is 14.2 Å². The van der Waals surface area contributed by atoms with Gasteiger partial charge in [0.25, 0.3) is 5.91 Å². The first kappa shape index (κ1) is 21.0. The lowest BCUT2D eigenvalue weighted by atomic mass is 9.75. The normalized spacial score (nSPS) is 21.9. The van der Waals surface area contributed by atoms with Gasteiger partial charge in [0, 0.05) is 22.7 Å². The van der Waals surface area contributed by atoms with Crippen molar-refractivity contribution in [1.82, 2.24) is 0 Å². The Balaban J connectivity index is 1.56. The molecule has 0 bridgehead atoms. The molecule has 2 aliphatic rings. The number of amides is 1. The fraction of sp³-hybridized carbons (Fsp3) is 0.346. The van der Waals surface area contributed by atoms with Crippen LogP contribution in [0.5, 0.6) is 11.5 Å². The molecule has 1 fully saturated rings. The SMILES string of the molecule is COc1ccc(OC)c2c1[C@H](c1cccc(NC(=O)c3cccs3)c1)O[C@H]1CCCC[C@H]21. The van der Waals surface area contributed by atoms with E-state index in [1.807, 2.05) is 47.8 Å². The van der Waals surface area contributed by atoms with E-state index >= 15 is 0 Å². The van der Waals surface area contributed by atoms with Gasteiger partial charge in [-0.3, -0.25) is 4.79 Å². The molecule has 0 saturated heterocycles. The Kier molecular flexibility index (Phi) is 5.89. The molecule has 3 aromatic rings. The average Bonchev–Trinajstić information content (AvgIpc) is 3.38. The quantitative estimate of drug-likeness (QED) is 0.507. The Morgan fingerprint density at radius 2 is 1.78 bits per heavy atom. The van der Waals surface area contributed by atoms with Gasteiger partial charge in [-0.15, -0.1) is 11.3 Å². The van der Waals surface area contributed by atoms with Crippen LogP contribution in [0.2, 0.25) is 0 Å². The summed E-state index contributed by atoms with van der Waals surface area (Å²) < 4.78 is 18.3. The average molecular weight is 450 g/mol. The van der Waals surface area contributed by atoms with Crippen molar-refractivity contribution in [2.75, 3.05) is 19.5 Å². The van der Waals surface area contributed by atoms with Crippen LogP contribution in [0.4, 0.5) is 5.69 Å². The van der Waals surface area contributed by atoms with Crippen molar-refractivity contribution in [3.63, 3.8) is 0 Å². The van der Waals surface area contributed by atoms with Crippen LogP contribution in [0.15, 0.2) is 53.9 Å². The molecule has 1 aliphatic heterocycles. The Morgan fingerprint density at radius 1 is 1.00 bits per heavy atom. The molecule has 0 unspecified atom stereocenters. The Labute approximate surface area is 192 Å². The topological polar surface area (TPSA) is 56.8 Å². The zero-order valence-corrected chi connectivity index (χ0v) is 19.1. The van der Waals surface area contributed by atoms with Gasteiger partial charge in [0.05, 0.1) is 25.2 Å². The minimum atomic E-state index is -0.284. The highest BCUT2D eigenvalue weighted by atomic mass is 32.1. The molecule has 0 spiro atoms. The summed E-state index contributed by atoms with van der Waals surface area (Å²) in [4.78, 5) is 13.3. The number of hydrogen-bond donors (Lipinski definition) is 1. The van der Waals surface area contributed by atoms with Crippen LogP contribution >= 0.6 is 11.3 Å². The number of benzene rings is 2. The molecule has 2 heterocycles. The first-order valence-corrected chi connectivity index (χ1v) is 11.9. The first-order valence-electron chi connectivity index (χ1n) is 11.0. The van der Waals surface area contributed by atoms with Gasteiger partial charge in [0.15, 0.2) is 0 Å². The van der Waals surface area contributed by atoms with Crippen LogP contribution in [0.3, 0.4) is 0 Å². The van der Waals surface area contributed by atoms with Crippen molar-refractivity contribution in [2.24, 2.45) is 0 Å². The standard InChI is InChI=1S/C26H27NO4S/c1-29-20-12-13-21(30-2)24-23(20)18-9-3-4-10-19(18)31-25(24)16-7-5-8-17(15-16)27-26(28)22-11-6-14-32-22/h5-8,11-15,18-19,25H,3-4,9-10H2,1-2H3,(H,27,28)/t18-,19-,25-/m0/s1. The van der Waals surface area contributed by atoms with Gasteiger partial charge in [-0.2, -0.15) is 0 Å². The summed E-state index contributed by atoms with van der Waals surface area (Å²) in [5.41, 5.74) is 3.99. The largest absolute Gasteiger partial charge is 0.496 e. The maximum atomic E-state index is 12.6. The summed E-state index contributed by atoms with van der Waals surface area (Å²) in [6.45, 7) is 0. The Morgan fingerprint density at radius 3 is 2.53 bits per heavy atom. The molecule has 1 saturated carbocycles. The number of fused-ring (bicyclic) bond motifs is 3. The number of thiophene rings is 1. The van der Waals surface area contributed by atoms with Gasteiger partial charge in [0.2, 0.25) is 0 Å². The van der Waals surface area contributed by atoms with Gasteiger partial charge < -0.3 is 19.5 Å². The van der Waals surface area contributed by atoms with Crippen molar-refractivity contribution >= 4 is 22.9 Å². The monoisotopic (exact) mass is 449 g/mol. The lowest BCUT2D eigenvalue weighted by Gasteiger charge is -2.42. The summed E-state index contributed by atoms with van der Waals surface area (Å²) in [5.74, 6) is 1.91. The van der Waals surface area contributed by atoms with Crippen molar-refractivity contribution < 1.29 is 19.0 Å². The van der Waals surface area contributed by atoms with Crippen LogP contribution in [0, 0.1) is 0 Å². The van der Waals surface area contributed by atoms with E-state index in [0.717, 1.165) is 41.2 Å². The number of rotatable bonds is 5.